The fourth-order valence-electron chi connectivity index (χ4n) is 5.47. The minimum Gasteiger partial charge on any atom is -0.367 e. The lowest BCUT2D eigenvalue weighted by Gasteiger charge is -2.41. The molecule has 1 saturated heterocycles. The molecule has 1 amide bonds. The van der Waals surface area contributed by atoms with Gasteiger partial charge in [-0.25, -0.2) is 4.98 Å². The van der Waals surface area contributed by atoms with Crippen molar-refractivity contribution in [3.8, 4) is 11.3 Å². The summed E-state index contributed by atoms with van der Waals surface area (Å²) in [5, 5.41) is 5.40. The van der Waals surface area contributed by atoms with Crippen molar-refractivity contribution < 1.29 is 9.53 Å². The highest BCUT2D eigenvalue weighted by Gasteiger charge is 2.44. The summed E-state index contributed by atoms with van der Waals surface area (Å²) in [4.78, 5) is 20.8. The Labute approximate surface area is 192 Å². The van der Waals surface area contributed by atoms with Gasteiger partial charge in [0, 0.05) is 19.2 Å². The molecule has 1 spiro atoms. The average molecular weight is 439 g/mol. The molecule has 2 aromatic heterocycles. The van der Waals surface area contributed by atoms with Gasteiger partial charge in [0.2, 0.25) is 0 Å². The smallest absolute Gasteiger partial charge is 0.254 e. The number of pyridine rings is 1. The van der Waals surface area contributed by atoms with Gasteiger partial charge in [0.25, 0.3) is 5.91 Å². The molecule has 1 aliphatic carbocycles. The first-order chi connectivity index (χ1) is 16.1. The Morgan fingerprint density at radius 1 is 1.09 bits per heavy atom. The van der Waals surface area contributed by atoms with Crippen LogP contribution in [0.5, 0.6) is 0 Å². The van der Waals surface area contributed by atoms with E-state index in [9.17, 15) is 4.79 Å². The van der Waals surface area contributed by atoms with E-state index < -0.39 is 5.60 Å². The van der Waals surface area contributed by atoms with Gasteiger partial charge in [0.05, 0.1) is 35.5 Å². The quantitative estimate of drug-likeness (QED) is 0.469. The normalized spacial score (nSPS) is 19.9. The van der Waals surface area contributed by atoms with Crippen LogP contribution >= 0.6 is 0 Å². The van der Waals surface area contributed by atoms with Gasteiger partial charge >= 0.3 is 0 Å². The van der Waals surface area contributed by atoms with Gasteiger partial charge < -0.3 is 9.64 Å². The minimum atomic E-state index is -0.414. The van der Waals surface area contributed by atoms with Gasteiger partial charge in [-0.2, -0.15) is 5.10 Å². The van der Waals surface area contributed by atoms with E-state index in [4.69, 9.17) is 9.72 Å². The van der Waals surface area contributed by atoms with E-state index in [1.54, 1.807) is 4.68 Å². The number of rotatable bonds is 2. The number of carbonyl (C=O) groups excluding carboxylic acids is 1. The number of hydrogen-bond acceptors (Lipinski definition) is 4. The first-order valence-electron chi connectivity index (χ1n) is 11.5. The Morgan fingerprint density at radius 2 is 1.88 bits per heavy atom. The molecule has 0 saturated carbocycles. The summed E-state index contributed by atoms with van der Waals surface area (Å²) in [7, 11) is 1.88. The summed E-state index contributed by atoms with van der Waals surface area (Å²) in [6.07, 6.45) is 1.89. The third-order valence-corrected chi connectivity index (χ3v) is 7.05. The van der Waals surface area contributed by atoms with Crippen LogP contribution in [0.15, 0.2) is 60.7 Å². The van der Waals surface area contributed by atoms with Crippen molar-refractivity contribution in [2.24, 2.45) is 7.05 Å². The molecule has 1 unspecified atom stereocenters. The molecule has 1 atom stereocenters. The Kier molecular flexibility index (Phi) is 4.59. The lowest BCUT2D eigenvalue weighted by atomic mass is 9.93. The Bertz CT molecular complexity index is 1370. The van der Waals surface area contributed by atoms with Crippen LogP contribution in [0, 0.1) is 6.92 Å². The highest BCUT2D eigenvalue weighted by Crippen LogP contribution is 2.42. The van der Waals surface area contributed by atoms with Crippen LogP contribution in [0.1, 0.15) is 33.6 Å². The molecule has 2 aliphatic rings. The van der Waals surface area contributed by atoms with Crippen molar-refractivity contribution >= 4 is 16.9 Å². The second-order valence-electron chi connectivity index (χ2n) is 9.06. The predicted molar refractivity (Wildman–Crippen MR) is 127 cm³/mol. The van der Waals surface area contributed by atoms with Crippen molar-refractivity contribution in [1.82, 2.24) is 19.7 Å². The predicted octanol–water partition coefficient (Wildman–Crippen LogP) is 4.26. The molecule has 4 aromatic rings. The van der Waals surface area contributed by atoms with Crippen molar-refractivity contribution in [2.75, 3.05) is 19.7 Å². The number of benzene rings is 2. The summed E-state index contributed by atoms with van der Waals surface area (Å²) in [5.74, 6) is 0.0164. The summed E-state index contributed by atoms with van der Waals surface area (Å²) in [6, 6.07) is 20.4. The zero-order valence-corrected chi connectivity index (χ0v) is 18.9. The number of aryl methyl sites for hydroxylation is 3. The number of hydrogen-bond donors (Lipinski definition) is 0. The first-order valence-corrected chi connectivity index (χ1v) is 11.5. The monoisotopic (exact) mass is 438 g/mol. The highest BCUT2D eigenvalue weighted by atomic mass is 16.5. The number of aromatic nitrogens is 3. The van der Waals surface area contributed by atoms with Gasteiger partial charge in [-0.1, -0.05) is 54.6 Å². The number of carbonyl (C=O) groups is 1. The molecule has 0 bridgehead atoms. The highest BCUT2D eigenvalue weighted by molar-refractivity contribution is 6.07. The number of fused-ring (bicyclic) bond motifs is 3. The molecule has 166 valence electrons. The summed E-state index contributed by atoms with van der Waals surface area (Å²) in [6.45, 7) is 3.61. The van der Waals surface area contributed by atoms with Crippen molar-refractivity contribution in [3.05, 3.63) is 83.0 Å². The molecule has 1 aliphatic heterocycles. The van der Waals surface area contributed by atoms with Crippen LogP contribution in [-0.4, -0.2) is 45.3 Å². The van der Waals surface area contributed by atoms with Gasteiger partial charge in [0.1, 0.15) is 5.60 Å². The zero-order valence-electron chi connectivity index (χ0n) is 18.9. The molecule has 1 fully saturated rings. The van der Waals surface area contributed by atoms with Crippen LogP contribution in [-0.2, 0) is 23.8 Å². The molecular weight excluding hydrogens is 412 g/mol. The van der Waals surface area contributed by atoms with E-state index in [1.165, 1.54) is 11.1 Å². The molecule has 0 radical (unpaired) electrons. The van der Waals surface area contributed by atoms with E-state index in [0.29, 0.717) is 25.3 Å². The molecule has 6 rings (SSSR count). The SMILES string of the molecule is Cc1nn(C)c2nc(-c3ccccc3)cc(C(=O)N3CCOC4(CCc5ccccc54)C3)c12. The maximum Gasteiger partial charge on any atom is 0.254 e. The van der Waals surface area contributed by atoms with Crippen molar-refractivity contribution in [1.29, 1.82) is 0 Å². The summed E-state index contributed by atoms with van der Waals surface area (Å²) >= 11 is 0. The third kappa shape index (κ3) is 3.16. The number of nitrogens with zero attached hydrogens (tertiary/aromatic N) is 4. The lowest BCUT2D eigenvalue weighted by molar-refractivity contribution is -0.103. The number of morpholine rings is 1. The molecule has 3 heterocycles. The summed E-state index contributed by atoms with van der Waals surface area (Å²) < 4.78 is 8.12. The largest absolute Gasteiger partial charge is 0.367 e. The molecular formula is C27H26N4O2. The van der Waals surface area contributed by atoms with E-state index in [1.807, 2.05) is 55.3 Å². The standard InChI is InChI=1S/C27H26N4O2/c1-18-24-21(16-23(20-9-4-3-5-10-20)28-25(24)30(2)29-18)26(32)31-14-15-33-27(17-31)13-12-19-8-6-7-11-22(19)27/h3-11,16H,12-15,17H2,1-2H3. The second kappa shape index (κ2) is 7.52. The van der Waals surface area contributed by atoms with Gasteiger partial charge in [-0.15, -0.1) is 0 Å². The van der Waals surface area contributed by atoms with E-state index in [2.05, 4.69) is 29.4 Å². The second-order valence-corrected chi connectivity index (χ2v) is 9.06. The van der Waals surface area contributed by atoms with Crippen LogP contribution in [0.2, 0.25) is 0 Å². The van der Waals surface area contributed by atoms with Gasteiger partial charge in [-0.05, 0) is 37.0 Å². The maximum absolute atomic E-state index is 14.0. The molecule has 0 N–H and O–H groups in total. The fraction of sp³-hybridized carbons (Fsp3) is 0.296. The Balaban J connectivity index is 1.44. The van der Waals surface area contributed by atoms with E-state index in [0.717, 1.165) is 40.8 Å². The first kappa shape index (κ1) is 20.1. The van der Waals surface area contributed by atoms with Gasteiger partial charge in [0.15, 0.2) is 5.65 Å². The number of ether oxygens (including phenoxy) is 1. The molecule has 6 heteroatoms. The van der Waals surface area contributed by atoms with Crippen LogP contribution < -0.4 is 0 Å². The number of amides is 1. The zero-order chi connectivity index (χ0) is 22.6. The molecule has 33 heavy (non-hydrogen) atoms. The van der Waals surface area contributed by atoms with E-state index >= 15 is 0 Å². The van der Waals surface area contributed by atoms with Gasteiger partial charge in [-0.3, -0.25) is 9.48 Å². The van der Waals surface area contributed by atoms with Crippen LogP contribution in [0.3, 0.4) is 0 Å². The topological polar surface area (TPSA) is 60.2 Å². The molecule has 6 nitrogen and oxygen atoms in total. The third-order valence-electron chi connectivity index (χ3n) is 7.05. The minimum absolute atomic E-state index is 0.0164. The average Bonchev–Trinajstić information content (AvgIpc) is 3.35. The fourth-order valence-corrected chi connectivity index (χ4v) is 5.47. The van der Waals surface area contributed by atoms with Crippen molar-refractivity contribution in [3.63, 3.8) is 0 Å². The van der Waals surface area contributed by atoms with Crippen LogP contribution in [0.4, 0.5) is 0 Å². The lowest BCUT2D eigenvalue weighted by Crippen LogP contribution is -2.51. The Hall–Kier alpha value is -3.51. The van der Waals surface area contributed by atoms with Crippen molar-refractivity contribution in [2.45, 2.75) is 25.4 Å². The Morgan fingerprint density at radius 3 is 2.73 bits per heavy atom. The summed E-state index contributed by atoms with van der Waals surface area (Å²) in [5.41, 5.74) is 6.11. The van der Waals surface area contributed by atoms with E-state index in [-0.39, 0.29) is 5.91 Å². The van der Waals surface area contributed by atoms with Crippen LogP contribution in [0.25, 0.3) is 22.3 Å². The molecule has 2 aromatic carbocycles. The maximum atomic E-state index is 14.0.